The molecule has 1 aliphatic heterocycles. The van der Waals surface area contributed by atoms with E-state index in [0.29, 0.717) is 0 Å². The number of carbonyl (C=O) groups is 1. The van der Waals surface area contributed by atoms with Gasteiger partial charge in [0.15, 0.2) is 5.79 Å². The number of ether oxygens (including phenoxy) is 3. The van der Waals surface area contributed by atoms with Crippen LogP contribution in [0.3, 0.4) is 0 Å². The van der Waals surface area contributed by atoms with Gasteiger partial charge in [-0.2, -0.15) is 0 Å². The van der Waals surface area contributed by atoms with E-state index >= 15 is 0 Å². The van der Waals surface area contributed by atoms with Crippen molar-refractivity contribution in [3.63, 3.8) is 0 Å². The number of aliphatic hydroxyl groups excluding tert-OH is 2. The van der Waals surface area contributed by atoms with Crippen LogP contribution >= 0.6 is 0 Å². The van der Waals surface area contributed by atoms with E-state index in [1.165, 1.54) is 7.11 Å². The summed E-state index contributed by atoms with van der Waals surface area (Å²) in [5.74, 6) is -2.04. The smallest absolute Gasteiger partial charge is 0.333 e. The Morgan fingerprint density at radius 2 is 2.25 bits per heavy atom. The summed E-state index contributed by atoms with van der Waals surface area (Å²) >= 11 is 0. The lowest BCUT2D eigenvalue weighted by atomic mass is 10.1. The molecule has 1 heterocycles. The molecule has 0 bridgehead atoms. The zero-order valence-electron chi connectivity index (χ0n) is 9.47. The van der Waals surface area contributed by atoms with Gasteiger partial charge < -0.3 is 24.4 Å². The van der Waals surface area contributed by atoms with Gasteiger partial charge in [-0.25, -0.2) is 4.79 Å². The molecule has 0 aromatic rings. The Hall–Kier alpha value is -1.11. The average molecular weight is 232 g/mol. The molecule has 1 saturated heterocycles. The maximum atomic E-state index is 10.8. The summed E-state index contributed by atoms with van der Waals surface area (Å²) in [6.07, 6.45) is -1.20. The van der Waals surface area contributed by atoms with Crippen LogP contribution in [0.15, 0.2) is 11.8 Å². The van der Waals surface area contributed by atoms with Crippen molar-refractivity contribution < 1.29 is 29.2 Å². The lowest BCUT2D eigenvalue weighted by molar-refractivity contribution is -0.150. The molecular formula is C10H16O6. The zero-order chi connectivity index (χ0) is 12.3. The fraction of sp³-hybridized carbons (Fsp3) is 0.700. The minimum Gasteiger partial charge on any atom is -0.509 e. The van der Waals surface area contributed by atoms with Gasteiger partial charge in [0.1, 0.15) is 18.0 Å². The summed E-state index contributed by atoms with van der Waals surface area (Å²) < 4.78 is 14.9. The van der Waals surface area contributed by atoms with Gasteiger partial charge >= 0.3 is 5.97 Å². The Balaban J connectivity index is 2.62. The standard InChI is InChI=1S/C10H16O6/c1-10(2)15-5-7(16-10)9(13)6(11)4-8(12)14-3/h4,7,9,11,13H,5H2,1-3H3/b6-4-/t7?,9-/m0/s1. The molecule has 0 aromatic carbocycles. The Morgan fingerprint density at radius 3 is 2.69 bits per heavy atom. The summed E-state index contributed by atoms with van der Waals surface area (Å²) in [6, 6.07) is 0. The molecule has 16 heavy (non-hydrogen) atoms. The van der Waals surface area contributed by atoms with Gasteiger partial charge in [-0.3, -0.25) is 0 Å². The maximum absolute atomic E-state index is 10.8. The molecule has 1 aliphatic rings. The van der Waals surface area contributed by atoms with Crippen LogP contribution in [-0.2, 0) is 19.0 Å². The number of hydrogen-bond acceptors (Lipinski definition) is 6. The molecule has 0 amide bonds. The lowest BCUT2D eigenvalue weighted by Gasteiger charge is -2.19. The van der Waals surface area contributed by atoms with E-state index in [-0.39, 0.29) is 6.61 Å². The van der Waals surface area contributed by atoms with Crippen molar-refractivity contribution in [3.8, 4) is 0 Å². The van der Waals surface area contributed by atoms with Gasteiger partial charge in [0.2, 0.25) is 0 Å². The Kier molecular flexibility index (Phi) is 3.90. The van der Waals surface area contributed by atoms with Gasteiger partial charge in [0.05, 0.1) is 19.8 Å². The monoisotopic (exact) mass is 232 g/mol. The van der Waals surface area contributed by atoms with E-state index in [1.54, 1.807) is 13.8 Å². The molecule has 0 saturated carbocycles. The Labute approximate surface area is 93.4 Å². The molecule has 2 atom stereocenters. The number of methoxy groups -OCH3 is 1. The second-order valence-corrected chi connectivity index (χ2v) is 3.90. The van der Waals surface area contributed by atoms with Crippen LogP contribution in [0.5, 0.6) is 0 Å². The molecule has 0 radical (unpaired) electrons. The zero-order valence-corrected chi connectivity index (χ0v) is 9.47. The van der Waals surface area contributed by atoms with Crippen LogP contribution in [0.4, 0.5) is 0 Å². The predicted octanol–water partition coefficient (Wildman–Crippen LogP) is 0.114. The van der Waals surface area contributed by atoms with Crippen LogP contribution in [-0.4, -0.2) is 47.9 Å². The van der Waals surface area contributed by atoms with Gasteiger partial charge in [-0.1, -0.05) is 0 Å². The highest BCUT2D eigenvalue weighted by atomic mass is 16.7. The second-order valence-electron chi connectivity index (χ2n) is 3.90. The Bertz CT molecular complexity index is 296. The van der Waals surface area contributed by atoms with Crippen molar-refractivity contribution in [2.45, 2.75) is 31.8 Å². The summed E-state index contributed by atoms with van der Waals surface area (Å²) in [6.45, 7) is 3.54. The van der Waals surface area contributed by atoms with Crippen LogP contribution < -0.4 is 0 Å². The van der Waals surface area contributed by atoms with Crippen molar-refractivity contribution >= 4 is 5.97 Å². The van der Waals surface area contributed by atoms with Crippen molar-refractivity contribution in [1.82, 2.24) is 0 Å². The molecule has 1 unspecified atom stereocenters. The molecule has 6 nitrogen and oxygen atoms in total. The number of esters is 1. The highest BCUT2D eigenvalue weighted by molar-refractivity contribution is 5.82. The Morgan fingerprint density at radius 1 is 1.62 bits per heavy atom. The molecule has 2 N–H and O–H groups in total. The van der Waals surface area contributed by atoms with Crippen molar-refractivity contribution in [2.24, 2.45) is 0 Å². The van der Waals surface area contributed by atoms with Crippen LogP contribution in [0, 0.1) is 0 Å². The van der Waals surface area contributed by atoms with E-state index in [0.717, 1.165) is 6.08 Å². The molecule has 6 heteroatoms. The second kappa shape index (κ2) is 4.82. The highest BCUT2D eigenvalue weighted by Gasteiger charge is 2.38. The van der Waals surface area contributed by atoms with Gasteiger partial charge in [0.25, 0.3) is 0 Å². The minimum atomic E-state index is -1.30. The van der Waals surface area contributed by atoms with Crippen LogP contribution in [0.2, 0.25) is 0 Å². The van der Waals surface area contributed by atoms with E-state index in [2.05, 4.69) is 4.74 Å². The summed E-state index contributed by atoms with van der Waals surface area (Å²) in [4.78, 5) is 10.8. The molecular weight excluding hydrogens is 216 g/mol. The fourth-order valence-corrected chi connectivity index (χ4v) is 1.33. The number of hydrogen-bond donors (Lipinski definition) is 2. The van der Waals surface area contributed by atoms with Crippen molar-refractivity contribution in [1.29, 1.82) is 0 Å². The molecule has 0 aromatic heterocycles. The number of aliphatic hydroxyl groups is 2. The minimum absolute atomic E-state index is 0.146. The summed E-state index contributed by atoms with van der Waals surface area (Å²) in [7, 11) is 1.18. The normalized spacial score (nSPS) is 26.5. The quantitative estimate of drug-likeness (QED) is 0.408. The SMILES string of the molecule is COC(=O)/C=C(\O)[C@H](O)C1COC(C)(C)O1. The summed E-state index contributed by atoms with van der Waals surface area (Å²) in [5.41, 5.74) is 0. The van der Waals surface area contributed by atoms with E-state index in [4.69, 9.17) is 9.47 Å². The van der Waals surface area contributed by atoms with Crippen molar-refractivity contribution in [3.05, 3.63) is 11.8 Å². The third-order valence-electron chi connectivity index (χ3n) is 2.15. The lowest BCUT2D eigenvalue weighted by Crippen LogP contribution is -2.32. The van der Waals surface area contributed by atoms with Gasteiger partial charge in [-0.05, 0) is 13.8 Å². The van der Waals surface area contributed by atoms with Gasteiger partial charge in [-0.15, -0.1) is 0 Å². The van der Waals surface area contributed by atoms with Crippen LogP contribution in [0.25, 0.3) is 0 Å². The molecule has 92 valence electrons. The van der Waals surface area contributed by atoms with Crippen LogP contribution in [0.1, 0.15) is 13.8 Å². The van der Waals surface area contributed by atoms with E-state index in [1.807, 2.05) is 0 Å². The fourth-order valence-electron chi connectivity index (χ4n) is 1.33. The number of carbonyl (C=O) groups excluding carboxylic acids is 1. The van der Waals surface area contributed by atoms with E-state index in [9.17, 15) is 15.0 Å². The van der Waals surface area contributed by atoms with Crippen molar-refractivity contribution in [2.75, 3.05) is 13.7 Å². The first kappa shape index (κ1) is 13.0. The topological polar surface area (TPSA) is 85.2 Å². The van der Waals surface area contributed by atoms with Gasteiger partial charge in [0, 0.05) is 0 Å². The summed E-state index contributed by atoms with van der Waals surface area (Å²) in [5, 5.41) is 19.1. The first-order valence-corrected chi connectivity index (χ1v) is 4.84. The maximum Gasteiger partial charge on any atom is 0.333 e. The third-order valence-corrected chi connectivity index (χ3v) is 2.15. The largest absolute Gasteiger partial charge is 0.509 e. The molecule has 0 aliphatic carbocycles. The molecule has 1 fully saturated rings. The third kappa shape index (κ3) is 3.19. The molecule has 0 spiro atoms. The highest BCUT2D eigenvalue weighted by Crippen LogP contribution is 2.25. The average Bonchev–Trinajstić information content (AvgIpc) is 2.57. The number of rotatable bonds is 3. The first-order chi connectivity index (χ1) is 7.35. The molecule has 1 rings (SSSR count). The van der Waals surface area contributed by atoms with E-state index < -0.39 is 29.7 Å². The predicted molar refractivity (Wildman–Crippen MR) is 53.6 cm³/mol. The first-order valence-electron chi connectivity index (χ1n) is 4.84.